The molecule has 0 aliphatic heterocycles. The third-order valence-corrected chi connectivity index (χ3v) is 16.1. The minimum atomic E-state index is -1.76. The van der Waals surface area contributed by atoms with E-state index in [0.717, 1.165) is 5.56 Å². The second kappa shape index (κ2) is 13.2. The molecule has 0 unspecified atom stereocenters. The van der Waals surface area contributed by atoms with E-state index in [1.165, 1.54) is 13.0 Å². The van der Waals surface area contributed by atoms with Gasteiger partial charge in [0.15, 0.2) is 11.7 Å². The van der Waals surface area contributed by atoms with Gasteiger partial charge >= 0.3 is 5.97 Å². The average molecular weight is 782 g/mol. The number of aliphatic carboxylic acids is 1. The molecule has 11 heteroatoms. The van der Waals surface area contributed by atoms with Crippen LogP contribution in [0, 0.1) is 50.7 Å². The Morgan fingerprint density at radius 1 is 1.02 bits per heavy atom. The summed E-state index contributed by atoms with van der Waals surface area (Å²) >= 11 is 0. The van der Waals surface area contributed by atoms with Crippen LogP contribution < -0.4 is 11.5 Å². The first-order valence-electron chi connectivity index (χ1n) is 20.2. The number of carbonyl (C=O) groups is 3. The first-order chi connectivity index (χ1) is 26.4. The van der Waals surface area contributed by atoms with Crippen molar-refractivity contribution in [1.82, 2.24) is 0 Å². The monoisotopic (exact) mass is 781 g/mol. The average Bonchev–Trinajstić information content (AvgIpc) is 3.27. The van der Waals surface area contributed by atoms with Crippen LogP contribution in [-0.2, 0) is 14.4 Å². The van der Waals surface area contributed by atoms with Crippen molar-refractivity contribution in [2.75, 3.05) is 0 Å². The molecule has 0 saturated heterocycles. The van der Waals surface area contributed by atoms with Crippen LogP contribution in [0.1, 0.15) is 86.1 Å². The number of fused-ring (bicyclic) bond motifs is 3. The van der Waals surface area contributed by atoms with Crippen LogP contribution in [0.2, 0.25) is 0 Å². The van der Waals surface area contributed by atoms with Gasteiger partial charge < -0.3 is 37.0 Å². The van der Waals surface area contributed by atoms with Crippen LogP contribution in [0.25, 0.3) is 6.08 Å². The molecule has 11 nitrogen and oxygen atoms in total. The number of carboxylic acid groups (broad SMARTS) is 1. The van der Waals surface area contributed by atoms with Crippen LogP contribution in [-0.4, -0.2) is 78.5 Å². The van der Waals surface area contributed by atoms with Gasteiger partial charge in [-0.1, -0.05) is 102 Å². The van der Waals surface area contributed by atoms with Crippen LogP contribution in [0.15, 0.2) is 88.5 Å². The summed E-state index contributed by atoms with van der Waals surface area (Å²) in [4.78, 5) is 45.9. The summed E-state index contributed by atoms with van der Waals surface area (Å²) in [7, 11) is 0. The smallest absolute Gasteiger partial charge is 0.331 e. The van der Waals surface area contributed by atoms with Crippen molar-refractivity contribution < 1.29 is 39.9 Å². The van der Waals surface area contributed by atoms with Crippen molar-refractivity contribution in [3.05, 3.63) is 89.1 Å². The summed E-state index contributed by atoms with van der Waals surface area (Å²) < 4.78 is 0. The highest BCUT2D eigenvalue weighted by Crippen LogP contribution is 2.82. The molecule has 2 fully saturated rings. The number of Topliss-reactive ketones (excluding diaryl/α,β-unsaturated/α-hetero) is 2. The van der Waals surface area contributed by atoms with E-state index in [0.29, 0.717) is 17.6 Å². The fraction of sp³-hybridized carbons (Fsp3) is 0.565. The van der Waals surface area contributed by atoms with Gasteiger partial charge in [0.1, 0.15) is 11.4 Å². The van der Waals surface area contributed by atoms with E-state index in [9.17, 15) is 35.1 Å². The Hall–Kier alpha value is -4.16. The first-order valence-corrected chi connectivity index (χ1v) is 20.2. The minimum Gasteiger partial charge on any atom is -0.478 e. The Bertz CT molecular complexity index is 2080. The Labute approximate surface area is 335 Å². The topological polar surface area (TPSA) is 217 Å². The van der Waals surface area contributed by atoms with Gasteiger partial charge in [-0.25, -0.2) is 9.79 Å². The van der Waals surface area contributed by atoms with Crippen molar-refractivity contribution in [2.45, 2.75) is 110 Å². The van der Waals surface area contributed by atoms with Gasteiger partial charge in [-0.3, -0.25) is 9.59 Å². The highest BCUT2D eigenvalue weighted by atomic mass is 16.4. The highest BCUT2D eigenvalue weighted by molar-refractivity contribution is 6.02. The number of aliphatic hydroxyl groups excluding tert-OH is 2. The summed E-state index contributed by atoms with van der Waals surface area (Å²) in [5.74, 6) is -4.06. The molecule has 13 atom stereocenters. The molecule has 1 aromatic rings. The van der Waals surface area contributed by atoms with Gasteiger partial charge in [-0.2, -0.15) is 0 Å². The Balaban J connectivity index is 1.47. The van der Waals surface area contributed by atoms with Crippen molar-refractivity contribution in [3.63, 3.8) is 0 Å². The molecule has 0 radical (unpaired) electrons. The second-order valence-electron chi connectivity index (χ2n) is 19.3. The number of carboxylic acids is 1. The lowest BCUT2D eigenvalue weighted by Crippen LogP contribution is -2.70. The number of allylic oxidation sites excluding steroid dienone is 2. The van der Waals surface area contributed by atoms with E-state index >= 15 is 4.79 Å². The van der Waals surface area contributed by atoms with Crippen LogP contribution in [0.5, 0.6) is 0 Å². The largest absolute Gasteiger partial charge is 0.478 e. The zero-order valence-corrected chi connectivity index (χ0v) is 34.1. The first kappa shape index (κ1) is 41.0. The molecule has 6 aliphatic carbocycles. The quantitative estimate of drug-likeness (QED) is 0.0839. The zero-order chi connectivity index (χ0) is 41.9. The van der Waals surface area contributed by atoms with E-state index < -0.39 is 86.2 Å². The molecule has 1 spiro atoms. The van der Waals surface area contributed by atoms with E-state index in [1.54, 1.807) is 18.2 Å². The number of carbonyl (C=O) groups excluding carboxylic acids is 2. The molecule has 0 bridgehead atoms. The fourth-order valence-electron chi connectivity index (χ4n) is 13.4. The standard InChI is InChI=1S/C46H59N3O8/c1-25(50)21-28(38(54)55)22-31(51)34-26(2)44(18-15-30(34)49-39(47)48)24-45(56)19-20-46(57)29(14-13-27-11-9-8-10-12-27)36-40(3,4)33(53)16-17-41(36,5)35-32(52)23-42(44,6)43(45,7)37(35)46/h8-15,18-20,22,25-26,29-31,34,36,50-51,56-57H,16-17,21,23-24H2,1-7H3,(H,54,55)(H4,47,48,49)/t25-,26-,29-,30-,31+,34-,36-,41+,42-,43-,44-,45+,46-/m0/s1. The predicted octanol–water partition coefficient (Wildman–Crippen LogP) is 4.65. The van der Waals surface area contributed by atoms with Gasteiger partial charge in [0.25, 0.3) is 0 Å². The number of guanidine groups is 1. The van der Waals surface area contributed by atoms with E-state index in [4.69, 9.17) is 11.5 Å². The number of hydrogen-bond acceptors (Lipinski definition) is 8. The molecule has 0 aromatic heterocycles. The second-order valence-corrected chi connectivity index (χ2v) is 19.3. The molecule has 0 amide bonds. The third kappa shape index (κ3) is 5.44. The maximum atomic E-state index is 15.4. The Morgan fingerprint density at radius 2 is 1.68 bits per heavy atom. The SMILES string of the molecule is C[C@H](O)CC(=C[C@@H](O)[C@@H]1[C@@H](N=C(N)N)C=C[C@]2(C[C@]3(O)C=C[C@@]4(O)C5=C(C(=O)C[C@@]2(C)[C@]53C)[C@@]2(C)CCC(=O)C(C)(C)[C@@H]2[C@@H]4C=Cc2ccccc2)[C@H]1C)C(=O)O. The summed E-state index contributed by atoms with van der Waals surface area (Å²) in [5.41, 5.74) is 5.18. The van der Waals surface area contributed by atoms with Gasteiger partial charge in [0.2, 0.25) is 0 Å². The summed E-state index contributed by atoms with van der Waals surface area (Å²) in [6.07, 6.45) is 10.6. The lowest BCUT2D eigenvalue weighted by atomic mass is 9.35. The maximum Gasteiger partial charge on any atom is 0.331 e. The molecular formula is C46H59N3O8. The number of benzene rings is 1. The Kier molecular flexibility index (Phi) is 9.48. The summed E-state index contributed by atoms with van der Waals surface area (Å²) in [6, 6.07) is 8.96. The molecular weight excluding hydrogens is 723 g/mol. The van der Waals surface area contributed by atoms with E-state index in [-0.39, 0.29) is 48.8 Å². The van der Waals surface area contributed by atoms with Crippen LogP contribution in [0.3, 0.4) is 0 Å². The fourth-order valence-corrected chi connectivity index (χ4v) is 13.4. The highest BCUT2D eigenvalue weighted by Gasteiger charge is 2.82. The van der Waals surface area contributed by atoms with Gasteiger partial charge in [0.05, 0.1) is 23.9 Å². The van der Waals surface area contributed by atoms with Crippen molar-refractivity contribution in [1.29, 1.82) is 0 Å². The molecule has 0 heterocycles. The van der Waals surface area contributed by atoms with Crippen molar-refractivity contribution in [3.8, 4) is 0 Å². The van der Waals surface area contributed by atoms with Gasteiger partial charge in [-0.15, -0.1) is 0 Å². The lowest BCUT2D eigenvalue weighted by molar-refractivity contribution is -0.164. The van der Waals surface area contributed by atoms with Crippen molar-refractivity contribution >= 4 is 29.6 Å². The van der Waals surface area contributed by atoms with E-state index in [1.807, 2.05) is 83.2 Å². The summed E-state index contributed by atoms with van der Waals surface area (Å²) in [5, 5.41) is 59.0. The number of nitrogens with zero attached hydrogens (tertiary/aromatic N) is 1. The number of rotatable bonds is 8. The number of ketones is 2. The molecule has 2 saturated carbocycles. The summed E-state index contributed by atoms with van der Waals surface area (Å²) in [6.45, 7) is 13.3. The molecule has 306 valence electrons. The Morgan fingerprint density at radius 3 is 2.30 bits per heavy atom. The van der Waals surface area contributed by atoms with E-state index in [2.05, 4.69) is 11.9 Å². The molecule has 9 N–H and O–H groups in total. The molecule has 6 aliphatic rings. The minimum absolute atomic E-state index is 0.0124. The predicted molar refractivity (Wildman–Crippen MR) is 217 cm³/mol. The zero-order valence-electron chi connectivity index (χ0n) is 34.1. The number of aliphatic hydroxyl groups is 4. The van der Waals surface area contributed by atoms with Gasteiger partial charge in [0, 0.05) is 63.9 Å². The normalized spacial score (nSPS) is 42.9. The molecule has 1 aromatic carbocycles. The van der Waals surface area contributed by atoms with Crippen LogP contribution >= 0.6 is 0 Å². The number of nitrogens with two attached hydrogens (primary N) is 2. The number of aliphatic imine (C=N–C) groups is 1. The number of hydrogen-bond donors (Lipinski definition) is 7. The maximum absolute atomic E-state index is 15.4. The molecule has 57 heavy (non-hydrogen) atoms. The van der Waals surface area contributed by atoms with Crippen LogP contribution in [0.4, 0.5) is 0 Å². The van der Waals surface area contributed by atoms with Crippen molar-refractivity contribution in [2.24, 2.45) is 67.2 Å². The lowest BCUT2D eigenvalue weighted by Gasteiger charge is -2.68. The molecule has 7 rings (SSSR count). The third-order valence-electron chi connectivity index (χ3n) is 16.1. The van der Waals surface area contributed by atoms with Gasteiger partial charge in [-0.05, 0) is 60.3 Å².